The lowest BCUT2D eigenvalue weighted by molar-refractivity contribution is -0.148. The summed E-state index contributed by atoms with van der Waals surface area (Å²) in [4.78, 5) is 35.8. The first-order chi connectivity index (χ1) is 16.5. The van der Waals surface area contributed by atoms with Crippen LogP contribution in [0, 0.1) is 5.92 Å². The van der Waals surface area contributed by atoms with Crippen LogP contribution in [0.25, 0.3) is 11.1 Å². The smallest absolute Gasteiger partial charge is 0.407 e. The van der Waals surface area contributed by atoms with Crippen molar-refractivity contribution in [2.75, 3.05) is 20.3 Å². The van der Waals surface area contributed by atoms with E-state index in [1.807, 2.05) is 24.3 Å². The number of carboxylic acid groups (broad SMARTS) is 1. The summed E-state index contributed by atoms with van der Waals surface area (Å²) in [5.41, 5.74) is 4.70. The molecule has 2 aliphatic carbocycles. The van der Waals surface area contributed by atoms with Crippen LogP contribution in [0.4, 0.5) is 4.79 Å². The lowest BCUT2D eigenvalue weighted by Gasteiger charge is -2.28. The highest BCUT2D eigenvalue weighted by Crippen LogP contribution is 2.44. The second-order valence-corrected chi connectivity index (χ2v) is 8.83. The Balaban J connectivity index is 1.23. The van der Waals surface area contributed by atoms with Gasteiger partial charge < -0.3 is 25.2 Å². The monoisotopic (exact) mass is 466 g/mol. The fourth-order valence-electron chi connectivity index (χ4n) is 4.92. The van der Waals surface area contributed by atoms with Gasteiger partial charge in [0.1, 0.15) is 6.61 Å². The van der Waals surface area contributed by atoms with Crippen LogP contribution in [0.3, 0.4) is 0 Å². The molecule has 4 rings (SSSR count). The lowest BCUT2D eigenvalue weighted by Crippen LogP contribution is -2.43. The third kappa shape index (κ3) is 5.22. The number of hydrogen-bond donors (Lipinski definition) is 3. The normalized spacial score (nSPS) is 20.0. The van der Waals surface area contributed by atoms with Gasteiger partial charge in [-0.3, -0.25) is 4.79 Å². The van der Waals surface area contributed by atoms with Crippen molar-refractivity contribution in [3.8, 4) is 11.1 Å². The van der Waals surface area contributed by atoms with Crippen molar-refractivity contribution in [2.24, 2.45) is 5.92 Å². The molecule has 2 aromatic carbocycles. The second-order valence-electron chi connectivity index (χ2n) is 8.83. The number of aliphatic carboxylic acids is 1. The molecular formula is C26H30N2O6. The number of nitrogens with one attached hydrogen (secondary N) is 2. The summed E-state index contributed by atoms with van der Waals surface area (Å²) >= 11 is 0. The summed E-state index contributed by atoms with van der Waals surface area (Å²) in [5, 5.41) is 14.6. The van der Waals surface area contributed by atoms with Crippen molar-refractivity contribution in [1.82, 2.24) is 10.6 Å². The van der Waals surface area contributed by atoms with Gasteiger partial charge in [0.15, 0.2) is 6.10 Å². The number of rotatable bonds is 8. The number of benzene rings is 2. The molecule has 0 spiro atoms. The summed E-state index contributed by atoms with van der Waals surface area (Å²) in [7, 11) is 1.30. The summed E-state index contributed by atoms with van der Waals surface area (Å²) in [6, 6.07) is 16.4. The minimum Gasteiger partial charge on any atom is -0.479 e. The summed E-state index contributed by atoms with van der Waals surface area (Å²) in [6.07, 6.45) is 1.05. The molecule has 2 amide bonds. The van der Waals surface area contributed by atoms with E-state index in [1.54, 1.807) is 0 Å². The molecule has 0 aliphatic heterocycles. The zero-order valence-corrected chi connectivity index (χ0v) is 19.2. The van der Waals surface area contributed by atoms with Gasteiger partial charge in [-0.05, 0) is 47.9 Å². The fourth-order valence-corrected chi connectivity index (χ4v) is 4.92. The first-order valence-corrected chi connectivity index (χ1v) is 11.6. The lowest BCUT2D eigenvalue weighted by atomic mass is 9.85. The van der Waals surface area contributed by atoms with Crippen LogP contribution >= 0.6 is 0 Å². The highest BCUT2D eigenvalue weighted by atomic mass is 16.5. The fraction of sp³-hybridized carbons (Fsp3) is 0.423. The maximum Gasteiger partial charge on any atom is 0.407 e. The van der Waals surface area contributed by atoms with Gasteiger partial charge in [-0.2, -0.15) is 0 Å². The molecule has 8 heteroatoms. The molecule has 1 saturated carbocycles. The largest absolute Gasteiger partial charge is 0.479 e. The molecule has 2 aromatic rings. The number of methoxy groups -OCH3 is 1. The average molecular weight is 467 g/mol. The topological polar surface area (TPSA) is 114 Å². The van der Waals surface area contributed by atoms with Crippen LogP contribution in [0.5, 0.6) is 0 Å². The van der Waals surface area contributed by atoms with Crippen molar-refractivity contribution in [2.45, 2.75) is 43.7 Å². The molecule has 0 aromatic heterocycles. The Labute approximate surface area is 198 Å². The molecule has 0 radical (unpaired) electrons. The number of carbonyl (C=O) groups excluding carboxylic acids is 2. The number of alkyl carbamates (subject to hydrolysis) is 1. The zero-order chi connectivity index (χ0) is 24.1. The number of amides is 2. The standard InChI is InChI=1S/C26H30N2O6/c1-33-23(25(30)31)14-27-24(29)16-10-12-17(13-11-16)28-26(32)34-15-22-20-8-4-2-6-18(20)19-7-3-5-9-21(19)22/h2-9,16-17,22-23H,10-15H2,1H3,(H,27,29)(H,28,32)(H,30,31). The van der Waals surface area contributed by atoms with Crippen molar-refractivity contribution < 1.29 is 29.0 Å². The van der Waals surface area contributed by atoms with Crippen LogP contribution in [-0.4, -0.2) is 55.5 Å². The molecule has 0 saturated heterocycles. The van der Waals surface area contributed by atoms with Gasteiger partial charge in [0.2, 0.25) is 5.91 Å². The highest BCUT2D eigenvalue weighted by Gasteiger charge is 2.31. The molecule has 2 aliphatic rings. The summed E-state index contributed by atoms with van der Waals surface area (Å²) < 4.78 is 10.5. The maximum atomic E-state index is 12.5. The van der Waals surface area contributed by atoms with Gasteiger partial charge >= 0.3 is 12.1 Å². The quantitative estimate of drug-likeness (QED) is 0.550. The number of fused-ring (bicyclic) bond motifs is 3. The van der Waals surface area contributed by atoms with Gasteiger partial charge in [-0.25, -0.2) is 9.59 Å². The van der Waals surface area contributed by atoms with Gasteiger partial charge in [0.25, 0.3) is 0 Å². The maximum absolute atomic E-state index is 12.5. The molecule has 0 bridgehead atoms. The Kier molecular flexibility index (Phi) is 7.47. The SMILES string of the molecule is COC(CNC(=O)C1CCC(NC(=O)OCC2c3ccccc3-c3ccccc32)CC1)C(=O)O. The first kappa shape index (κ1) is 23.8. The van der Waals surface area contributed by atoms with E-state index < -0.39 is 18.2 Å². The van der Waals surface area contributed by atoms with Crippen molar-refractivity contribution in [3.63, 3.8) is 0 Å². The van der Waals surface area contributed by atoms with Crippen LogP contribution in [0.1, 0.15) is 42.7 Å². The van der Waals surface area contributed by atoms with Gasteiger partial charge in [-0.1, -0.05) is 48.5 Å². The van der Waals surface area contributed by atoms with E-state index in [0.717, 1.165) is 0 Å². The second kappa shape index (κ2) is 10.7. The Bertz CT molecular complexity index is 1000. The predicted molar refractivity (Wildman–Crippen MR) is 125 cm³/mol. The molecule has 180 valence electrons. The minimum absolute atomic E-state index is 0.0133. The van der Waals surface area contributed by atoms with E-state index in [9.17, 15) is 14.4 Å². The third-order valence-corrected chi connectivity index (χ3v) is 6.79. The Morgan fingerprint density at radius 2 is 1.56 bits per heavy atom. The van der Waals surface area contributed by atoms with Crippen molar-refractivity contribution in [3.05, 3.63) is 59.7 Å². The molecule has 1 unspecified atom stereocenters. The predicted octanol–water partition coefficient (Wildman–Crippen LogP) is 3.30. The average Bonchev–Trinajstić information content (AvgIpc) is 3.17. The molecular weight excluding hydrogens is 436 g/mol. The zero-order valence-electron chi connectivity index (χ0n) is 19.2. The summed E-state index contributed by atoms with van der Waals surface area (Å²) in [6.45, 7) is 0.199. The third-order valence-electron chi connectivity index (χ3n) is 6.79. The van der Waals surface area contributed by atoms with E-state index in [2.05, 4.69) is 34.9 Å². The number of hydrogen-bond acceptors (Lipinski definition) is 5. The van der Waals surface area contributed by atoms with E-state index in [1.165, 1.54) is 29.4 Å². The Morgan fingerprint density at radius 3 is 2.12 bits per heavy atom. The number of ether oxygens (including phenoxy) is 2. The molecule has 0 heterocycles. The van der Waals surface area contributed by atoms with Gasteiger partial charge in [0, 0.05) is 25.0 Å². The van der Waals surface area contributed by atoms with Crippen molar-refractivity contribution >= 4 is 18.0 Å². The van der Waals surface area contributed by atoms with Crippen LogP contribution in [0.2, 0.25) is 0 Å². The Morgan fingerprint density at radius 1 is 0.971 bits per heavy atom. The highest BCUT2D eigenvalue weighted by molar-refractivity contribution is 5.80. The molecule has 1 fully saturated rings. The van der Waals surface area contributed by atoms with Crippen molar-refractivity contribution in [1.29, 1.82) is 0 Å². The molecule has 8 nitrogen and oxygen atoms in total. The summed E-state index contributed by atoms with van der Waals surface area (Å²) in [5.74, 6) is -1.48. The van der Waals surface area contributed by atoms with E-state index >= 15 is 0 Å². The molecule has 34 heavy (non-hydrogen) atoms. The van der Waals surface area contributed by atoms with E-state index in [4.69, 9.17) is 14.6 Å². The van der Waals surface area contributed by atoms with Gasteiger partial charge in [0.05, 0.1) is 6.54 Å². The molecule has 1 atom stereocenters. The molecule has 3 N–H and O–H groups in total. The van der Waals surface area contributed by atoms with E-state index in [-0.39, 0.29) is 36.9 Å². The number of carboxylic acids is 1. The number of carbonyl (C=O) groups is 3. The van der Waals surface area contributed by atoms with Crippen LogP contribution in [0.15, 0.2) is 48.5 Å². The van der Waals surface area contributed by atoms with Crippen LogP contribution in [-0.2, 0) is 19.1 Å². The van der Waals surface area contributed by atoms with Gasteiger partial charge in [-0.15, -0.1) is 0 Å². The minimum atomic E-state index is -1.11. The van der Waals surface area contributed by atoms with Crippen LogP contribution < -0.4 is 10.6 Å². The first-order valence-electron chi connectivity index (χ1n) is 11.6. The van der Waals surface area contributed by atoms with E-state index in [0.29, 0.717) is 25.7 Å². The Hall–Kier alpha value is -3.39.